The van der Waals surface area contributed by atoms with Gasteiger partial charge in [0.15, 0.2) is 0 Å². The van der Waals surface area contributed by atoms with E-state index in [0.717, 1.165) is 72.4 Å². The van der Waals surface area contributed by atoms with Crippen molar-refractivity contribution >= 4 is 32.8 Å². The molecule has 0 atom stereocenters. The summed E-state index contributed by atoms with van der Waals surface area (Å²) in [5.41, 5.74) is 9.61. The number of benzene rings is 4. The normalized spacial score (nSPS) is 11.5. The Morgan fingerprint density at radius 2 is 1.02 bits per heavy atom. The first-order valence-electron chi connectivity index (χ1n) is 15.1. The molecular weight excluding hydrogens is 566 g/mol. The van der Waals surface area contributed by atoms with Crippen molar-refractivity contribution in [2.24, 2.45) is 0 Å². The lowest BCUT2D eigenvalue weighted by Crippen LogP contribution is -2.04. The molecule has 0 radical (unpaired) electrons. The van der Waals surface area contributed by atoms with Crippen LogP contribution in [0.3, 0.4) is 0 Å². The van der Waals surface area contributed by atoms with Gasteiger partial charge >= 0.3 is 0 Å². The molecule has 0 aliphatic rings. The van der Waals surface area contributed by atoms with Gasteiger partial charge in [0, 0.05) is 57.9 Å². The molecule has 7 heteroatoms. The average molecular weight is 592 g/mol. The first-order valence-corrected chi connectivity index (χ1v) is 15.1. The number of aromatic nitrogens is 7. The summed E-state index contributed by atoms with van der Waals surface area (Å²) in [5, 5.41) is 2.15. The smallest absolute Gasteiger partial charge is 0.235 e. The zero-order chi connectivity index (χ0) is 30.5. The maximum Gasteiger partial charge on any atom is 0.235 e. The van der Waals surface area contributed by atoms with Crippen molar-refractivity contribution in [2.45, 2.75) is 0 Å². The zero-order valence-corrected chi connectivity index (χ0v) is 24.6. The zero-order valence-electron chi connectivity index (χ0n) is 24.6. The highest BCUT2D eigenvalue weighted by atomic mass is 15.2. The van der Waals surface area contributed by atoms with E-state index in [1.54, 1.807) is 24.8 Å². The van der Waals surface area contributed by atoms with E-state index in [4.69, 9.17) is 15.0 Å². The Hall–Kier alpha value is -6.47. The third-order valence-corrected chi connectivity index (χ3v) is 8.37. The highest BCUT2D eigenvalue weighted by molar-refractivity contribution is 6.20. The van der Waals surface area contributed by atoms with Gasteiger partial charge in [-0.15, -0.1) is 0 Å². The van der Waals surface area contributed by atoms with Crippen LogP contribution in [0.25, 0.3) is 78.4 Å². The molecule has 0 aliphatic carbocycles. The van der Waals surface area contributed by atoms with Crippen LogP contribution in [-0.4, -0.2) is 34.1 Å². The van der Waals surface area contributed by atoms with Crippen LogP contribution in [0.1, 0.15) is 0 Å². The molecule has 216 valence electrons. The Morgan fingerprint density at radius 1 is 0.435 bits per heavy atom. The Labute approximate surface area is 264 Å². The van der Waals surface area contributed by atoms with Crippen LogP contribution in [0.2, 0.25) is 0 Å². The van der Waals surface area contributed by atoms with Gasteiger partial charge in [-0.3, -0.25) is 19.1 Å². The number of nitrogens with zero attached hydrogens (tertiary/aromatic N) is 7. The molecule has 9 rings (SSSR count). The molecule has 5 heterocycles. The molecule has 0 aliphatic heterocycles. The Bertz CT molecular complexity index is 2450. The fourth-order valence-electron chi connectivity index (χ4n) is 6.31. The third kappa shape index (κ3) is 4.17. The van der Waals surface area contributed by atoms with Gasteiger partial charge in [-0.2, -0.15) is 0 Å². The molecule has 46 heavy (non-hydrogen) atoms. The number of rotatable bonds is 5. The minimum atomic E-state index is 0.581. The summed E-state index contributed by atoms with van der Waals surface area (Å²) in [6.45, 7) is 0. The number of hydrogen-bond acceptors (Lipinski definition) is 5. The fourth-order valence-corrected chi connectivity index (χ4v) is 6.31. The summed E-state index contributed by atoms with van der Waals surface area (Å²) in [4.78, 5) is 24.1. The quantitative estimate of drug-likeness (QED) is 0.200. The Kier molecular flexibility index (Phi) is 5.99. The second-order valence-corrected chi connectivity index (χ2v) is 11.1. The van der Waals surface area contributed by atoms with Crippen molar-refractivity contribution < 1.29 is 0 Å². The van der Waals surface area contributed by atoms with Crippen molar-refractivity contribution in [3.8, 4) is 45.5 Å². The highest BCUT2D eigenvalue weighted by Crippen LogP contribution is 2.39. The molecule has 0 amide bonds. The van der Waals surface area contributed by atoms with Gasteiger partial charge in [0.25, 0.3) is 0 Å². The number of imidazole rings is 1. The number of para-hydroxylation sites is 2. The second kappa shape index (κ2) is 10.6. The maximum absolute atomic E-state index is 5.37. The van der Waals surface area contributed by atoms with Crippen LogP contribution in [-0.2, 0) is 0 Å². The van der Waals surface area contributed by atoms with Crippen molar-refractivity contribution in [3.05, 3.63) is 152 Å². The molecule has 4 aromatic carbocycles. The Morgan fingerprint density at radius 3 is 1.70 bits per heavy atom. The van der Waals surface area contributed by atoms with Crippen LogP contribution in [0.15, 0.2) is 152 Å². The van der Waals surface area contributed by atoms with Crippen LogP contribution in [0, 0.1) is 0 Å². The molecule has 0 fully saturated rings. The van der Waals surface area contributed by atoms with E-state index in [9.17, 15) is 0 Å². The van der Waals surface area contributed by atoms with Gasteiger partial charge in [-0.1, -0.05) is 66.7 Å². The van der Waals surface area contributed by atoms with Gasteiger partial charge in [0.05, 0.1) is 33.5 Å². The van der Waals surface area contributed by atoms with E-state index in [0.29, 0.717) is 5.95 Å². The van der Waals surface area contributed by atoms with Crippen LogP contribution >= 0.6 is 0 Å². The minimum Gasteiger partial charge on any atom is -0.292 e. The summed E-state index contributed by atoms with van der Waals surface area (Å²) in [5.74, 6) is 1.47. The van der Waals surface area contributed by atoms with E-state index in [1.807, 2.05) is 42.5 Å². The van der Waals surface area contributed by atoms with Crippen molar-refractivity contribution in [2.75, 3.05) is 0 Å². The third-order valence-electron chi connectivity index (χ3n) is 8.37. The lowest BCUT2D eigenvalue weighted by Gasteiger charge is -2.12. The van der Waals surface area contributed by atoms with Crippen molar-refractivity contribution in [1.29, 1.82) is 0 Å². The highest BCUT2D eigenvalue weighted by Gasteiger charge is 2.22. The van der Waals surface area contributed by atoms with E-state index >= 15 is 0 Å². The fraction of sp³-hybridized carbons (Fsp3) is 0. The number of pyridine rings is 2. The second-order valence-electron chi connectivity index (χ2n) is 11.1. The topological polar surface area (TPSA) is 74.3 Å². The molecule has 0 unspecified atom stereocenters. The van der Waals surface area contributed by atoms with Gasteiger partial charge < -0.3 is 0 Å². The minimum absolute atomic E-state index is 0.581. The SMILES string of the molecule is c1ccc(-c2nc3c4c5ccccc5n(-c5nc(-c6ccncc6)cc(-c6ccncc6)n5)c4ccc3n2-c2ccccc2)cc1. The predicted octanol–water partition coefficient (Wildman–Crippen LogP) is 8.70. The molecule has 0 spiro atoms. The summed E-state index contributed by atoms with van der Waals surface area (Å²) in [6.07, 6.45) is 7.14. The summed E-state index contributed by atoms with van der Waals surface area (Å²) in [6, 6.07) is 43.4. The van der Waals surface area contributed by atoms with Gasteiger partial charge in [0.1, 0.15) is 5.82 Å². The molecular formula is C39H25N7. The lowest BCUT2D eigenvalue weighted by molar-refractivity contribution is 0.995. The largest absolute Gasteiger partial charge is 0.292 e. The van der Waals surface area contributed by atoms with Crippen LogP contribution in [0.4, 0.5) is 0 Å². The summed E-state index contributed by atoms with van der Waals surface area (Å²) in [7, 11) is 0. The molecule has 0 saturated carbocycles. The maximum atomic E-state index is 5.37. The van der Waals surface area contributed by atoms with Crippen LogP contribution in [0.5, 0.6) is 0 Å². The van der Waals surface area contributed by atoms with E-state index in [2.05, 4.69) is 104 Å². The predicted molar refractivity (Wildman–Crippen MR) is 183 cm³/mol. The molecule has 0 saturated heterocycles. The molecule has 5 aromatic heterocycles. The molecule has 0 bridgehead atoms. The number of fused-ring (bicyclic) bond motifs is 5. The van der Waals surface area contributed by atoms with Gasteiger partial charge in [-0.25, -0.2) is 15.0 Å². The first kappa shape index (κ1) is 26.0. The van der Waals surface area contributed by atoms with Crippen molar-refractivity contribution in [3.63, 3.8) is 0 Å². The van der Waals surface area contributed by atoms with E-state index in [-0.39, 0.29) is 0 Å². The monoisotopic (exact) mass is 591 g/mol. The van der Waals surface area contributed by atoms with Gasteiger partial charge in [0.2, 0.25) is 5.95 Å². The Balaban J connectivity index is 1.38. The standard InChI is InChI=1S/C39H25N7/c1-3-9-28(10-4-1)38-44-37-35(45(38)29-11-5-2-6-12-29)16-15-34-36(37)30-13-7-8-14-33(30)46(34)39-42-31(26-17-21-40-22-18-26)25-32(43-39)27-19-23-41-24-20-27/h1-25H. The van der Waals surface area contributed by atoms with E-state index in [1.165, 1.54) is 0 Å². The summed E-state index contributed by atoms with van der Waals surface area (Å²) < 4.78 is 4.40. The molecule has 9 aromatic rings. The van der Waals surface area contributed by atoms with Gasteiger partial charge in [-0.05, 0) is 60.7 Å². The van der Waals surface area contributed by atoms with E-state index < -0.39 is 0 Å². The van der Waals surface area contributed by atoms with Crippen molar-refractivity contribution in [1.82, 2.24) is 34.1 Å². The lowest BCUT2D eigenvalue weighted by atomic mass is 10.1. The molecule has 7 nitrogen and oxygen atoms in total. The number of hydrogen-bond donors (Lipinski definition) is 0. The first-order chi connectivity index (χ1) is 22.8. The van der Waals surface area contributed by atoms with Crippen LogP contribution < -0.4 is 0 Å². The average Bonchev–Trinajstić information content (AvgIpc) is 3.69. The molecule has 0 N–H and O–H groups in total. The summed E-state index contributed by atoms with van der Waals surface area (Å²) >= 11 is 0.